The molecule has 3 rings (SSSR count). The maximum absolute atomic E-state index is 13.1. The van der Waals surface area contributed by atoms with Crippen molar-refractivity contribution in [1.29, 1.82) is 0 Å². The average molecular weight is 429 g/mol. The quantitative estimate of drug-likeness (QED) is 0.561. The summed E-state index contributed by atoms with van der Waals surface area (Å²) in [7, 11) is -1.03. The summed E-state index contributed by atoms with van der Waals surface area (Å²) in [5.41, 5.74) is 2.84. The molecule has 0 radical (unpaired) electrons. The number of hydrogen-bond donors (Lipinski definition) is 2. The van der Waals surface area contributed by atoms with Crippen LogP contribution < -0.4 is 19.5 Å². The standard InChI is InChI=1S/C21H24N4O4S/c1-5-15-6-7-16(24-21-10-14(2)22-13-23-21)11-18(15)25-30(26,27)20-12-17(28-3)8-9-19(20)29-4/h6-13,25H,5H2,1-4H3,(H,22,23,24). The SMILES string of the molecule is CCc1ccc(Nc2cc(C)ncn2)cc1NS(=O)(=O)c1cc(OC)ccc1OC. The number of sulfonamides is 1. The zero-order valence-electron chi connectivity index (χ0n) is 17.3. The largest absolute Gasteiger partial charge is 0.497 e. The number of nitrogens with zero attached hydrogens (tertiary/aromatic N) is 2. The number of aromatic nitrogens is 2. The van der Waals surface area contributed by atoms with E-state index in [0.29, 0.717) is 29.4 Å². The molecule has 0 aliphatic carbocycles. The summed E-state index contributed by atoms with van der Waals surface area (Å²) in [5.74, 6) is 1.27. The van der Waals surface area contributed by atoms with Gasteiger partial charge in [-0.25, -0.2) is 18.4 Å². The van der Waals surface area contributed by atoms with Gasteiger partial charge in [-0.3, -0.25) is 4.72 Å². The zero-order chi connectivity index (χ0) is 21.7. The molecule has 30 heavy (non-hydrogen) atoms. The first-order chi connectivity index (χ1) is 14.4. The van der Waals surface area contributed by atoms with Crippen molar-refractivity contribution in [2.45, 2.75) is 25.2 Å². The first kappa shape index (κ1) is 21.4. The molecule has 2 aromatic carbocycles. The molecule has 0 spiro atoms. The molecule has 0 unspecified atom stereocenters. The van der Waals surface area contributed by atoms with Crippen LogP contribution in [-0.2, 0) is 16.4 Å². The Morgan fingerprint density at radius 1 is 1.00 bits per heavy atom. The summed E-state index contributed by atoms with van der Waals surface area (Å²) in [6, 6.07) is 11.9. The lowest BCUT2D eigenvalue weighted by molar-refractivity contribution is 0.392. The lowest BCUT2D eigenvalue weighted by Crippen LogP contribution is -2.15. The van der Waals surface area contributed by atoms with Gasteiger partial charge in [0.2, 0.25) is 0 Å². The van der Waals surface area contributed by atoms with Crippen LogP contribution in [0.1, 0.15) is 18.2 Å². The number of methoxy groups -OCH3 is 2. The maximum atomic E-state index is 13.1. The lowest BCUT2D eigenvalue weighted by atomic mass is 10.1. The zero-order valence-corrected chi connectivity index (χ0v) is 18.1. The van der Waals surface area contributed by atoms with Crippen molar-refractivity contribution in [2.75, 3.05) is 24.3 Å². The molecule has 0 amide bonds. The van der Waals surface area contributed by atoms with E-state index in [4.69, 9.17) is 9.47 Å². The third kappa shape index (κ3) is 4.80. The Morgan fingerprint density at radius 3 is 2.47 bits per heavy atom. The Hall–Kier alpha value is -3.33. The fourth-order valence-electron chi connectivity index (χ4n) is 2.92. The van der Waals surface area contributed by atoms with Crippen LogP contribution in [0.2, 0.25) is 0 Å². The van der Waals surface area contributed by atoms with Gasteiger partial charge in [-0.05, 0) is 43.2 Å². The minimum atomic E-state index is -3.93. The van der Waals surface area contributed by atoms with Crippen molar-refractivity contribution in [2.24, 2.45) is 0 Å². The predicted octanol–water partition coefficient (Wildman–Crippen LogP) is 3.91. The van der Waals surface area contributed by atoms with E-state index in [-0.39, 0.29) is 10.6 Å². The van der Waals surface area contributed by atoms with Crippen LogP contribution in [0.5, 0.6) is 11.5 Å². The molecule has 0 saturated heterocycles. The maximum Gasteiger partial charge on any atom is 0.265 e. The van der Waals surface area contributed by atoms with Crippen LogP contribution in [0, 0.1) is 6.92 Å². The number of nitrogens with one attached hydrogen (secondary N) is 2. The van der Waals surface area contributed by atoms with Gasteiger partial charge in [-0.15, -0.1) is 0 Å². The Bertz CT molecular complexity index is 1150. The molecular formula is C21H24N4O4S. The molecule has 9 heteroatoms. The molecule has 8 nitrogen and oxygen atoms in total. The smallest absolute Gasteiger partial charge is 0.265 e. The molecule has 0 fully saturated rings. The minimum Gasteiger partial charge on any atom is -0.497 e. The van der Waals surface area contributed by atoms with Gasteiger partial charge in [0.25, 0.3) is 10.0 Å². The van der Waals surface area contributed by atoms with Gasteiger partial charge in [0.05, 0.1) is 19.9 Å². The monoisotopic (exact) mass is 428 g/mol. The van der Waals surface area contributed by atoms with Gasteiger partial charge in [-0.2, -0.15) is 0 Å². The lowest BCUT2D eigenvalue weighted by Gasteiger charge is -2.16. The van der Waals surface area contributed by atoms with E-state index < -0.39 is 10.0 Å². The summed E-state index contributed by atoms with van der Waals surface area (Å²) >= 11 is 0. The second-order valence-electron chi connectivity index (χ2n) is 6.52. The molecule has 0 aliphatic rings. The van der Waals surface area contributed by atoms with Gasteiger partial charge >= 0.3 is 0 Å². The first-order valence-electron chi connectivity index (χ1n) is 9.29. The van der Waals surface area contributed by atoms with Gasteiger partial charge in [-0.1, -0.05) is 13.0 Å². The highest BCUT2D eigenvalue weighted by Crippen LogP contribution is 2.31. The highest BCUT2D eigenvalue weighted by Gasteiger charge is 2.22. The second-order valence-corrected chi connectivity index (χ2v) is 8.17. The van der Waals surface area contributed by atoms with Gasteiger partial charge in [0, 0.05) is 23.5 Å². The molecular weight excluding hydrogens is 404 g/mol. The highest BCUT2D eigenvalue weighted by molar-refractivity contribution is 7.92. The summed E-state index contributed by atoms with van der Waals surface area (Å²) in [6.07, 6.45) is 2.12. The predicted molar refractivity (Wildman–Crippen MR) is 116 cm³/mol. The van der Waals surface area contributed by atoms with E-state index in [1.54, 1.807) is 24.3 Å². The molecule has 3 aromatic rings. The van der Waals surface area contributed by atoms with Crippen molar-refractivity contribution >= 4 is 27.2 Å². The third-order valence-corrected chi connectivity index (χ3v) is 5.86. The van der Waals surface area contributed by atoms with E-state index in [1.807, 2.05) is 26.0 Å². The number of aryl methyl sites for hydroxylation is 2. The second kappa shape index (κ2) is 9.00. The van der Waals surface area contributed by atoms with Crippen LogP contribution >= 0.6 is 0 Å². The molecule has 0 saturated carbocycles. The highest BCUT2D eigenvalue weighted by atomic mass is 32.2. The van der Waals surface area contributed by atoms with Crippen LogP contribution in [0.25, 0.3) is 0 Å². The van der Waals surface area contributed by atoms with E-state index >= 15 is 0 Å². The summed E-state index contributed by atoms with van der Waals surface area (Å²) in [6.45, 7) is 3.83. The Labute approximate surface area is 176 Å². The number of rotatable bonds is 8. The summed E-state index contributed by atoms with van der Waals surface area (Å²) in [4.78, 5) is 8.25. The molecule has 0 bridgehead atoms. The topological polar surface area (TPSA) is 102 Å². The van der Waals surface area contributed by atoms with Gasteiger partial charge in [0.15, 0.2) is 0 Å². The van der Waals surface area contributed by atoms with Crippen molar-refractivity contribution < 1.29 is 17.9 Å². The summed E-state index contributed by atoms with van der Waals surface area (Å²) in [5, 5.41) is 3.17. The number of anilines is 3. The normalized spacial score (nSPS) is 11.1. The average Bonchev–Trinajstić information content (AvgIpc) is 2.73. The van der Waals surface area contributed by atoms with Crippen LogP contribution in [0.15, 0.2) is 53.7 Å². The Kier molecular flexibility index (Phi) is 6.41. The van der Waals surface area contributed by atoms with Crippen molar-refractivity contribution in [3.8, 4) is 11.5 Å². The van der Waals surface area contributed by atoms with Gasteiger partial charge < -0.3 is 14.8 Å². The molecule has 1 aromatic heterocycles. The number of ether oxygens (including phenoxy) is 2. The molecule has 0 aliphatic heterocycles. The van der Waals surface area contributed by atoms with E-state index in [2.05, 4.69) is 20.0 Å². The third-order valence-electron chi connectivity index (χ3n) is 4.47. The van der Waals surface area contributed by atoms with E-state index in [1.165, 1.54) is 26.6 Å². The van der Waals surface area contributed by atoms with Crippen molar-refractivity contribution in [1.82, 2.24) is 9.97 Å². The Balaban J connectivity index is 1.97. The molecule has 2 N–H and O–H groups in total. The van der Waals surface area contributed by atoms with Crippen molar-refractivity contribution in [3.63, 3.8) is 0 Å². The Morgan fingerprint density at radius 2 is 1.80 bits per heavy atom. The summed E-state index contributed by atoms with van der Waals surface area (Å²) < 4.78 is 39.4. The fourth-order valence-corrected chi connectivity index (χ4v) is 4.20. The van der Waals surface area contributed by atoms with Crippen LogP contribution in [0.3, 0.4) is 0 Å². The van der Waals surface area contributed by atoms with E-state index in [9.17, 15) is 8.42 Å². The number of hydrogen-bond acceptors (Lipinski definition) is 7. The fraction of sp³-hybridized carbons (Fsp3) is 0.238. The first-order valence-corrected chi connectivity index (χ1v) is 10.8. The van der Waals surface area contributed by atoms with Crippen LogP contribution in [0.4, 0.5) is 17.2 Å². The molecule has 1 heterocycles. The van der Waals surface area contributed by atoms with Crippen LogP contribution in [-0.4, -0.2) is 32.6 Å². The van der Waals surface area contributed by atoms with E-state index in [0.717, 1.165) is 11.3 Å². The minimum absolute atomic E-state index is 0.00353. The van der Waals surface area contributed by atoms with Crippen molar-refractivity contribution in [3.05, 3.63) is 60.0 Å². The van der Waals surface area contributed by atoms with Gasteiger partial charge in [0.1, 0.15) is 28.5 Å². The molecule has 158 valence electrons. The number of benzene rings is 2. The molecule has 0 atom stereocenters.